The Labute approximate surface area is 159 Å². The first-order valence-corrected chi connectivity index (χ1v) is 8.45. The molecule has 1 rings (SSSR count). The van der Waals surface area contributed by atoms with Crippen LogP contribution in [0.2, 0.25) is 0 Å². The van der Waals surface area contributed by atoms with Gasteiger partial charge in [-0.3, -0.25) is 15.4 Å². The quantitative estimate of drug-likeness (QED) is 0.461. The number of nitrogens with zero attached hydrogens (tertiary/aromatic N) is 1. The van der Waals surface area contributed by atoms with E-state index in [-0.39, 0.29) is 11.7 Å². The maximum absolute atomic E-state index is 12.0. The molecule has 0 aliphatic carbocycles. The van der Waals surface area contributed by atoms with E-state index < -0.39 is 23.4 Å². The zero-order chi connectivity index (χ0) is 20.8. The summed E-state index contributed by atoms with van der Waals surface area (Å²) in [6, 6.07) is 6.37. The highest BCUT2D eigenvalue weighted by Crippen LogP contribution is 2.14. The third-order valence-electron chi connectivity index (χ3n) is 2.75. The molecule has 0 fully saturated rings. The van der Waals surface area contributed by atoms with E-state index in [9.17, 15) is 14.4 Å². The molecule has 148 valence electrons. The van der Waals surface area contributed by atoms with Crippen molar-refractivity contribution in [3.63, 3.8) is 0 Å². The molecule has 0 radical (unpaired) electrons. The highest BCUT2D eigenvalue weighted by Gasteiger charge is 2.21. The van der Waals surface area contributed by atoms with Gasteiger partial charge in [0.25, 0.3) is 0 Å². The van der Waals surface area contributed by atoms with Gasteiger partial charge in [-0.15, -0.1) is 0 Å². The van der Waals surface area contributed by atoms with Gasteiger partial charge in [0.05, 0.1) is 5.69 Å². The van der Waals surface area contributed by atoms with Crippen molar-refractivity contribution in [3.8, 4) is 0 Å². The van der Waals surface area contributed by atoms with Crippen molar-refractivity contribution in [2.24, 2.45) is 4.99 Å². The van der Waals surface area contributed by atoms with E-state index >= 15 is 0 Å². The fraction of sp³-hybridized carbons (Fsp3) is 0.474. The summed E-state index contributed by atoms with van der Waals surface area (Å²) in [5.41, 5.74) is -0.494. The zero-order valence-corrected chi connectivity index (χ0v) is 16.8. The van der Waals surface area contributed by atoms with Crippen LogP contribution in [-0.2, 0) is 9.47 Å². The number of nitrogens with one attached hydrogen (secondary N) is 2. The lowest BCUT2D eigenvalue weighted by atomic mass is 10.1. The van der Waals surface area contributed by atoms with Gasteiger partial charge < -0.3 is 9.47 Å². The summed E-state index contributed by atoms with van der Waals surface area (Å²) < 4.78 is 10.3. The molecule has 0 heterocycles. The van der Waals surface area contributed by atoms with Crippen molar-refractivity contribution < 1.29 is 23.9 Å². The Morgan fingerprint density at radius 1 is 0.815 bits per heavy atom. The van der Waals surface area contributed by atoms with Gasteiger partial charge >= 0.3 is 12.2 Å². The summed E-state index contributed by atoms with van der Waals surface area (Å²) >= 11 is 0. The summed E-state index contributed by atoms with van der Waals surface area (Å²) in [6.07, 6.45) is -1.56. The van der Waals surface area contributed by atoms with Gasteiger partial charge in [0, 0.05) is 5.56 Å². The van der Waals surface area contributed by atoms with Gasteiger partial charge in [0.15, 0.2) is 5.78 Å². The number of alkyl carbamates (subject to hydrolysis) is 2. The normalized spacial score (nSPS) is 11.2. The molecule has 27 heavy (non-hydrogen) atoms. The number of ether oxygens (including phenoxy) is 2. The van der Waals surface area contributed by atoms with Crippen LogP contribution < -0.4 is 10.6 Å². The van der Waals surface area contributed by atoms with E-state index in [1.807, 2.05) is 0 Å². The average molecular weight is 377 g/mol. The van der Waals surface area contributed by atoms with E-state index in [0.717, 1.165) is 0 Å². The minimum Gasteiger partial charge on any atom is -0.444 e. The average Bonchev–Trinajstić information content (AvgIpc) is 2.43. The fourth-order valence-corrected chi connectivity index (χ4v) is 1.79. The van der Waals surface area contributed by atoms with E-state index in [1.54, 1.807) is 65.8 Å². The van der Waals surface area contributed by atoms with E-state index in [0.29, 0.717) is 11.3 Å². The maximum atomic E-state index is 12.0. The number of hydrogen-bond donors (Lipinski definition) is 2. The topological polar surface area (TPSA) is 106 Å². The highest BCUT2D eigenvalue weighted by molar-refractivity contribution is 6.02. The monoisotopic (exact) mass is 377 g/mol. The number of rotatable bonds is 2. The van der Waals surface area contributed by atoms with Crippen LogP contribution in [0, 0.1) is 0 Å². The van der Waals surface area contributed by atoms with Gasteiger partial charge in [-0.2, -0.15) is 0 Å². The molecule has 0 bridgehead atoms. The van der Waals surface area contributed by atoms with Crippen molar-refractivity contribution in [2.45, 2.75) is 59.7 Å². The lowest BCUT2D eigenvalue weighted by molar-refractivity contribution is 0.0545. The molecule has 0 atom stereocenters. The predicted molar refractivity (Wildman–Crippen MR) is 102 cm³/mol. The molecular formula is C19H27N3O5. The van der Waals surface area contributed by atoms with Gasteiger partial charge in [0.2, 0.25) is 5.96 Å². The van der Waals surface area contributed by atoms with Gasteiger partial charge in [-0.05, 0) is 72.7 Å². The van der Waals surface area contributed by atoms with Crippen LogP contribution in [0.4, 0.5) is 15.3 Å². The SMILES string of the molecule is CC(=O)c1ccc(N=C(NC(=O)OC(C)(C)C)NC(=O)OC(C)(C)C)cc1. The second-order valence-corrected chi connectivity index (χ2v) is 7.82. The summed E-state index contributed by atoms with van der Waals surface area (Å²) in [6.45, 7) is 11.7. The molecule has 1 aromatic carbocycles. The number of carbonyl (C=O) groups excluding carboxylic acids is 3. The number of carbonyl (C=O) groups is 3. The molecule has 8 heteroatoms. The number of ketones is 1. The summed E-state index contributed by atoms with van der Waals surface area (Å²) in [5.74, 6) is -0.237. The number of Topliss-reactive ketones (excluding diaryl/α,β-unsaturated/α-hetero) is 1. The Hall–Kier alpha value is -2.90. The number of aliphatic imine (C=N–C) groups is 1. The number of benzene rings is 1. The lowest BCUT2D eigenvalue weighted by Crippen LogP contribution is -2.47. The minimum atomic E-state index is -0.780. The molecule has 1 aromatic rings. The molecule has 0 unspecified atom stereocenters. The first-order valence-electron chi connectivity index (χ1n) is 8.45. The van der Waals surface area contributed by atoms with Crippen LogP contribution >= 0.6 is 0 Å². The molecule has 0 spiro atoms. The first kappa shape index (κ1) is 22.1. The number of guanidine groups is 1. The third kappa shape index (κ3) is 9.39. The Balaban J connectivity index is 3.03. The Morgan fingerprint density at radius 2 is 1.22 bits per heavy atom. The van der Waals surface area contributed by atoms with Crippen molar-refractivity contribution in [1.29, 1.82) is 0 Å². The second-order valence-electron chi connectivity index (χ2n) is 7.82. The predicted octanol–water partition coefficient (Wildman–Crippen LogP) is 3.93. The molecular weight excluding hydrogens is 350 g/mol. The first-order chi connectivity index (χ1) is 12.2. The van der Waals surface area contributed by atoms with Crippen LogP contribution in [-0.4, -0.2) is 35.1 Å². The standard InChI is InChI=1S/C19H27N3O5/c1-12(23)13-8-10-14(11-9-13)20-15(21-16(24)26-18(2,3)4)22-17(25)27-19(5,6)7/h8-11H,1-7H3,(H2,20,21,22,24,25). The van der Waals surface area contributed by atoms with E-state index in [1.165, 1.54) is 6.92 Å². The summed E-state index contributed by atoms with van der Waals surface area (Å²) in [5, 5.41) is 4.77. The second kappa shape index (κ2) is 8.66. The maximum Gasteiger partial charge on any atom is 0.414 e. The van der Waals surface area contributed by atoms with Gasteiger partial charge in [-0.25, -0.2) is 14.6 Å². The highest BCUT2D eigenvalue weighted by atomic mass is 16.6. The van der Waals surface area contributed by atoms with Crippen molar-refractivity contribution in [3.05, 3.63) is 29.8 Å². The van der Waals surface area contributed by atoms with E-state index in [2.05, 4.69) is 15.6 Å². The van der Waals surface area contributed by atoms with Crippen LogP contribution in [0.15, 0.2) is 29.3 Å². The molecule has 0 aromatic heterocycles. The minimum absolute atomic E-state index is 0.0792. The number of hydrogen-bond acceptors (Lipinski definition) is 6. The smallest absolute Gasteiger partial charge is 0.414 e. The molecule has 8 nitrogen and oxygen atoms in total. The van der Waals surface area contributed by atoms with Gasteiger partial charge in [0.1, 0.15) is 11.2 Å². The van der Waals surface area contributed by atoms with Crippen LogP contribution in [0.25, 0.3) is 0 Å². The van der Waals surface area contributed by atoms with Crippen LogP contribution in [0.1, 0.15) is 58.8 Å². The van der Waals surface area contributed by atoms with E-state index in [4.69, 9.17) is 9.47 Å². The number of amides is 2. The van der Waals surface area contributed by atoms with Gasteiger partial charge in [-0.1, -0.05) is 0 Å². The summed E-state index contributed by atoms with van der Waals surface area (Å²) in [4.78, 5) is 39.6. The Bertz CT molecular complexity index is 693. The third-order valence-corrected chi connectivity index (χ3v) is 2.75. The Kier molecular flexibility index (Phi) is 7.10. The Morgan fingerprint density at radius 3 is 1.56 bits per heavy atom. The summed E-state index contributed by atoms with van der Waals surface area (Å²) in [7, 11) is 0. The molecule has 0 aliphatic heterocycles. The molecule has 2 N–H and O–H groups in total. The molecule has 2 amide bonds. The zero-order valence-electron chi connectivity index (χ0n) is 16.8. The van der Waals surface area contributed by atoms with Crippen molar-refractivity contribution in [2.75, 3.05) is 0 Å². The fourth-order valence-electron chi connectivity index (χ4n) is 1.79. The van der Waals surface area contributed by atoms with Crippen LogP contribution in [0.5, 0.6) is 0 Å². The molecule has 0 saturated heterocycles. The van der Waals surface area contributed by atoms with Crippen LogP contribution in [0.3, 0.4) is 0 Å². The molecule has 0 aliphatic rings. The van der Waals surface area contributed by atoms with Crippen molar-refractivity contribution in [1.82, 2.24) is 10.6 Å². The largest absolute Gasteiger partial charge is 0.444 e. The van der Waals surface area contributed by atoms with Crippen molar-refractivity contribution >= 4 is 29.6 Å². The molecule has 0 saturated carbocycles. The lowest BCUT2D eigenvalue weighted by Gasteiger charge is -2.22.